The van der Waals surface area contributed by atoms with Crippen LogP contribution in [0.3, 0.4) is 0 Å². The number of thioether (sulfide) groups is 1. The van der Waals surface area contributed by atoms with E-state index < -0.39 is 6.10 Å². The van der Waals surface area contributed by atoms with E-state index in [0.717, 1.165) is 11.7 Å². The van der Waals surface area contributed by atoms with Gasteiger partial charge in [-0.05, 0) is 0 Å². The number of aliphatic hydroxyl groups excluding tert-OH is 1. The number of hydrogen-bond acceptors (Lipinski definition) is 6. The topological polar surface area (TPSA) is 72.2 Å². The number of nitrogens with one attached hydrogen (secondary N) is 1. The van der Waals surface area contributed by atoms with Crippen molar-refractivity contribution in [2.45, 2.75) is 11.3 Å². The van der Waals surface area contributed by atoms with Crippen LogP contribution in [0.1, 0.15) is 0 Å². The van der Waals surface area contributed by atoms with Gasteiger partial charge in [0.25, 0.3) is 0 Å². The van der Waals surface area contributed by atoms with Gasteiger partial charge in [0.15, 0.2) is 5.16 Å². The van der Waals surface area contributed by atoms with Crippen molar-refractivity contribution in [3.05, 3.63) is 6.33 Å². The summed E-state index contributed by atoms with van der Waals surface area (Å²) in [6.07, 6.45) is 1.12. The molecule has 1 aromatic heterocycles. The maximum Gasteiger partial charge on any atom is 0.185 e. The Labute approximate surface area is 99.4 Å². The Morgan fingerprint density at radius 1 is 1.69 bits per heavy atom. The molecule has 1 aromatic rings. The van der Waals surface area contributed by atoms with Crippen LogP contribution in [-0.2, 0) is 11.8 Å². The lowest BCUT2D eigenvalue weighted by atomic mass is 10.4. The van der Waals surface area contributed by atoms with Crippen molar-refractivity contribution in [3.63, 3.8) is 0 Å². The normalized spacial score (nSPS) is 12.9. The predicted molar refractivity (Wildman–Crippen MR) is 62.5 cm³/mol. The van der Waals surface area contributed by atoms with Crippen LogP contribution in [0.4, 0.5) is 0 Å². The number of rotatable bonds is 8. The van der Waals surface area contributed by atoms with Crippen LogP contribution in [-0.4, -0.2) is 58.5 Å². The molecule has 0 spiro atoms. The number of nitrogens with zero attached hydrogens (tertiary/aromatic N) is 3. The van der Waals surface area contributed by atoms with Gasteiger partial charge in [-0.25, -0.2) is 9.67 Å². The molecular formula is C9H18N4O2S. The quantitative estimate of drug-likeness (QED) is 0.476. The summed E-state index contributed by atoms with van der Waals surface area (Å²) in [4.78, 5) is 4.06. The first-order chi connectivity index (χ1) is 7.74. The summed E-state index contributed by atoms with van der Waals surface area (Å²) in [7, 11) is 3.49. The third-order valence-electron chi connectivity index (χ3n) is 1.94. The predicted octanol–water partition coefficient (Wildman–Crippen LogP) is -0.496. The van der Waals surface area contributed by atoms with Gasteiger partial charge in [0.1, 0.15) is 6.33 Å². The third-order valence-corrected chi connectivity index (χ3v) is 3.12. The second-order valence-corrected chi connectivity index (χ2v) is 4.32. The molecule has 0 saturated heterocycles. The van der Waals surface area contributed by atoms with Gasteiger partial charge in [0.05, 0.1) is 12.7 Å². The van der Waals surface area contributed by atoms with Crippen molar-refractivity contribution in [2.24, 2.45) is 7.05 Å². The van der Waals surface area contributed by atoms with Crippen molar-refractivity contribution in [2.75, 3.05) is 32.6 Å². The van der Waals surface area contributed by atoms with E-state index in [0.29, 0.717) is 18.9 Å². The zero-order chi connectivity index (χ0) is 11.8. The van der Waals surface area contributed by atoms with Gasteiger partial charge >= 0.3 is 0 Å². The van der Waals surface area contributed by atoms with E-state index in [1.807, 2.05) is 7.05 Å². The molecular weight excluding hydrogens is 228 g/mol. The average molecular weight is 246 g/mol. The first kappa shape index (κ1) is 13.4. The number of ether oxygens (including phenoxy) is 1. The molecule has 0 bridgehead atoms. The van der Waals surface area contributed by atoms with E-state index in [1.165, 1.54) is 18.1 Å². The molecule has 1 rings (SSSR count). The number of methoxy groups -OCH3 is 1. The summed E-state index contributed by atoms with van der Waals surface area (Å²) in [5, 5.41) is 17.5. The molecule has 0 amide bonds. The van der Waals surface area contributed by atoms with Gasteiger partial charge in [-0.2, -0.15) is 5.10 Å². The summed E-state index contributed by atoms with van der Waals surface area (Å²) in [6, 6.07) is 0. The molecule has 0 radical (unpaired) electrons. The van der Waals surface area contributed by atoms with Crippen molar-refractivity contribution >= 4 is 11.8 Å². The Bertz CT molecular complexity index is 295. The van der Waals surface area contributed by atoms with Crippen LogP contribution in [0.25, 0.3) is 0 Å². The van der Waals surface area contributed by atoms with E-state index in [-0.39, 0.29) is 0 Å². The first-order valence-corrected chi connectivity index (χ1v) is 6.07. The molecule has 0 aliphatic carbocycles. The minimum Gasteiger partial charge on any atom is -0.391 e. The zero-order valence-electron chi connectivity index (χ0n) is 9.59. The zero-order valence-corrected chi connectivity index (χ0v) is 10.4. The van der Waals surface area contributed by atoms with Crippen LogP contribution in [0.15, 0.2) is 11.5 Å². The molecule has 0 aliphatic heterocycles. The Balaban J connectivity index is 2.10. The highest BCUT2D eigenvalue weighted by Crippen LogP contribution is 2.13. The molecule has 0 aliphatic rings. The fourth-order valence-corrected chi connectivity index (χ4v) is 1.90. The monoisotopic (exact) mass is 246 g/mol. The highest BCUT2D eigenvalue weighted by Gasteiger charge is 2.07. The van der Waals surface area contributed by atoms with Crippen LogP contribution >= 0.6 is 11.8 Å². The van der Waals surface area contributed by atoms with E-state index in [9.17, 15) is 5.11 Å². The minimum atomic E-state index is -0.390. The van der Waals surface area contributed by atoms with Crippen molar-refractivity contribution in [1.82, 2.24) is 20.1 Å². The highest BCUT2D eigenvalue weighted by atomic mass is 32.2. The Morgan fingerprint density at radius 2 is 2.50 bits per heavy atom. The molecule has 2 N–H and O–H groups in total. The van der Waals surface area contributed by atoms with Gasteiger partial charge in [-0.3, -0.25) is 0 Å². The lowest BCUT2D eigenvalue weighted by Gasteiger charge is -2.10. The Kier molecular flexibility index (Phi) is 6.39. The number of aromatic nitrogens is 3. The van der Waals surface area contributed by atoms with E-state index in [1.54, 1.807) is 11.8 Å². The molecule has 92 valence electrons. The molecule has 0 aromatic carbocycles. The second kappa shape index (κ2) is 7.61. The number of hydrogen-bond donors (Lipinski definition) is 2. The molecule has 7 heteroatoms. The van der Waals surface area contributed by atoms with Crippen molar-refractivity contribution < 1.29 is 9.84 Å². The maximum atomic E-state index is 9.66. The summed E-state index contributed by atoms with van der Waals surface area (Å²) < 4.78 is 6.58. The van der Waals surface area contributed by atoms with Gasteiger partial charge in [-0.15, -0.1) is 0 Å². The van der Waals surface area contributed by atoms with Crippen LogP contribution < -0.4 is 5.32 Å². The summed E-state index contributed by atoms with van der Waals surface area (Å²) >= 11 is 1.49. The Hall–Kier alpha value is -0.630. The van der Waals surface area contributed by atoms with Gasteiger partial charge in [0, 0.05) is 33.0 Å². The fourth-order valence-electron chi connectivity index (χ4n) is 1.09. The molecule has 6 nitrogen and oxygen atoms in total. The van der Waals surface area contributed by atoms with E-state index in [2.05, 4.69) is 15.4 Å². The fraction of sp³-hybridized carbons (Fsp3) is 0.778. The van der Waals surface area contributed by atoms with E-state index in [4.69, 9.17) is 4.74 Å². The molecule has 0 saturated carbocycles. The molecule has 1 atom stereocenters. The lowest BCUT2D eigenvalue weighted by molar-refractivity contribution is 0.175. The summed E-state index contributed by atoms with van der Waals surface area (Å²) in [5.41, 5.74) is 0. The van der Waals surface area contributed by atoms with Gasteiger partial charge in [-0.1, -0.05) is 11.8 Å². The van der Waals surface area contributed by atoms with Crippen LogP contribution in [0.5, 0.6) is 0 Å². The number of aryl methyl sites for hydroxylation is 1. The van der Waals surface area contributed by atoms with Crippen LogP contribution in [0, 0.1) is 0 Å². The van der Waals surface area contributed by atoms with E-state index >= 15 is 0 Å². The molecule has 1 heterocycles. The highest BCUT2D eigenvalue weighted by molar-refractivity contribution is 7.99. The minimum absolute atomic E-state index is 0.390. The molecule has 16 heavy (non-hydrogen) atoms. The third kappa shape index (κ3) is 4.93. The summed E-state index contributed by atoms with van der Waals surface area (Å²) in [5.74, 6) is 0.604. The average Bonchev–Trinajstić information content (AvgIpc) is 2.67. The first-order valence-electron chi connectivity index (χ1n) is 5.08. The number of aliphatic hydroxyl groups is 1. The van der Waals surface area contributed by atoms with Gasteiger partial charge in [0.2, 0.25) is 0 Å². The second-order valence-electron chi connectivity index (χ2n) is 3.33. The summed E-state index contributed by atoms with van der Waals surface area (Å²) in [6.45, 7) is 1.97. The smallest absolute Gasteiger partial charge is 0.185 e. The maximum absolute atomic E-state index is 9.66. The SMILES string of the molecule is COCCNCC(O)CSc1ncnn1C. The van der Waals surface area contributed by atoms with Gasteiger partial charge < -0.3 is 15.2 Å². The van der Waals surface area contributed by atoms with Crippen molar-refractivity contribution in [1.29, 1.82) is 0 Å². The largest absolute Gasteiger partial charge is 0.391 e. The van der Waals surface area contributed by atoms with Crippen molar-refractivity contribution in [3.8, 4) is 0 Å². The van der Waals surface area contributed by atoms with Crippen LogP contribution in [0.2, 0.25) is 0 Å². The molecule has 0 fully saturated rings. The standard InChI is InChI=1S/C9H18N4O2S/c1-13-9(11-7-12-13)16-6-8(14)5-10-3-4-15-2/h7-8,10,14H,3-6H2,1-2H3. The Morgan fingerprint density at radius 3 is 3.12 bits per heavy atom. The molecule has 1 unspecified atom stereocenters. The lowest BCUT2D eigenvalue weighted by Crippen LogP contribution is -2.30.